The van der Waals surface area contributed by atoms with E-state index in [9.17, 15) is 9.59 Å². The normalized spacial score (nSPS) is 9.91. The third-order valence-corrected chi connectivity index (χ3v) is 3.00. The summed E-state index contributed by atoms with van der Waals surface area (Å²) in [6.07, 6.45) is 0. The molecule has 0 aliphatic rings. The molecule has 0 aromatic heterocycles. The Hall–Kier alpha value is -2.82. The second-order valence-corrected chi connectivity index (χ2v) is 4.65. The number of rotatable bonds is 5. The fourth-order valence-corrected chi connectivity index (χ4v) is 1.85. The van der Waals surface area contributed by atoms with Gasteiger partial charge in [-0.2, -0.15) is 0 Å². The molecule has 5 nitrogen and oxygen atoms in total. The lowest BCUT2D eigenvalue weighted by molar-refractivity contribution is -0.119. The van der Waals surface area contributed by atoms with Gasteiger partial charge >= 0.3 is 5.97 Å². The first-order valence-electron chi connectivity index (χ1n) is 6.78. The van der Waals surface area contributed by atoms with Crippen LogP contribution < -0.4 is 14.8 Å². The van der Waals surface area contributed by atoms with Gasteiger partial charge in [0.05, 0.1) is 12.7 Å². The number of esters is 1. The molecule has 0 aliphatic carbocycles. The van der Waals surface area contributed by atoms with Crippen LogP contribution in [0.25, 0.3) is 0 Å². The van der Waals surface area contributed by atoms with E-state index in [2.05, 4.69) is 5.32 Å². The molecule has 0 radical (unpaired) electrons. The summed E-state index contributed by atoms with van der Waals surface area (Å²) in [4.78, 5) is 23.0. The molecular weight excluding hydrogens is 282 g/mol. The van der Waals surface area contributed by atoms with Crippen molar-refractivity contribution in [3.8, 4) is 11.5 Å². The summed E-state index contributed by atoms with van der Waals surface area (Å²) < 4.78 is 10.5. The molecule has 0 saturated heterocycles. The topological polar surface area (TPSA) is 64.6 Å². The summed E-state index contributed by atoms with van der Waals surface area (Å²) in [6, 6.07) is 13.8. The molecule has 2 aromatic rings. The van der Waals surface area contributed by atoms with Crippen LogP contribution in [0, 0.1) is 0 Å². The van der Waals surface area contributed by atoms with Gasteiger partial charge in [-0.15, -0.1) is 0 Å². The average molecular weight is 299 g/mol. The first-order chi connectivity index (χ1) is 10.6. The fraction of sp³-hybridized carbons (Fsp3) is 0.176. The van der Waals surface area contributed by atoms with Gasteiger partial charge in [-0.25, -0.2) is 4.79 Å². The van der Waals surface area contributed by atoms with Crippen molar-refractivity contribution in [1.29, 1.82) is 0 Å². The lowest BCUT2D eigenvalue weighted by Gasteiger charge is -2.09. The van der Waals surface area contributed by atoms with Crippen molar-refractivity contribution >= 4 is 11.9 Å². The molecule has 22 heavy (non-hydrogen) atoms. The minimum Gasteiger partial charge on any atom is -0.493 e. The Kier molecular flexibility index (Phi) is 5.14. The highest BCUT2D eigenvalue weighted by molar-refractivity contribution is 5.91. The van der Waals surface area contributed by atoms with Crippen LogP contribution in [-0.2, 0) is 11.3 Å². The Morgan fingerprint density at radius 2 is 1.64 bits per heavy atom. The number of ether oxygens (including phenoxy) is 2. The van der Waals surface area contributed by atoms with Crippen molar-refractivity contribution in [3.63, 3.8) is 0 Å². The number of carbonyl (C=O) groups is 2. The first kappa shape index (κ1) is 15.6. The predicted octanol–water partition coefficient (Wildman–Crippen LogP) is 2.55. The number of nitrogens with one attached hydrogen (secondary N) is 1. The summed E-state index contributed by atoms with van der Waals surface area (Å²) in [5.74, 6) is 0.311. The zero-order chi connectivity index (χ0) is 15.9. The molecule has 114 valence electrons. The lowest BCUT2D eigenvalue weighted by Crippen LogP contribution is -2.19. The number of hydrogen-bond donors (Lipinski definition) is 1. The number of methoxy groups -OCH3 is 1. The van der Waals surface area contributed by atoms with E-state index in [-0.39, 0.29) is 5.91 Å². The Morgan fingerprint density at radius 1 is 1.00 bits per heavy atom. The quantitative estimate of drug-likeness (QED) is 0.680. The maximum atomic E-state index is 12.1. The van der Waals surface area contributed by atoms with Crippen LogP contribution in [-0.4, -0.2) is 19.0 Å². The van der Waals surface area contributed by atoms with E-state index in [4.69, 9.17) is 9.47 Å². The van der Waals surface area contributed by atoms with Gasteiger partial charge in [-0.3, -0.25) is 4.79 Å². The van der Waals surface area contributed by atoms with E-state index in [0.29, 0.717) is 23.6 Å². The highest BCUT2D eigenvalue weighted by Crippen LogP contribution is 2.26. The molecule has 0 unspecified atom stereocenters. The molecule has 0 atom stereocenters. The molecule has 1 amide bonds. The zero-order valence-corrected chi connectivity index (χ0v) is 12.5. The van der Waals surface area contributed by atoms with Gasteiger partial charge in [0.2, 0.25) is 5.91 Å². The Bertz CT molecular complexity index is 665. The summed E-state index contributed by atoms with van der Waals surface area (Å²) >= 11 is 0. The van der Waals surface area contributed by atoms with Crippen molar-refractivity contribution in [2.75, 3.05) is 7.11 Å². The van der Waals surface area contributed by atoms with Gasteiger partial charge in [0.15, 0.2) is 11.5 Å². The third-order valence-electron chi connectivity index (χ3n) is 3.00. The molecule has 0 fully saturated rings. The smallest absolute Gasteiger partial charge is 0.343 e. The van der Waals surface area contributed by atoms with Crippen molar-refractivity contribution in [2.24, 2.45) is 0 Å². The van der Waals surface area contributed by atoms with E-state index in [1.807, 2.05) is 0 Å². The summed E-state index contributed by atoms with van der Waals surface area (Å²) in [6.45, 7) is 1.89. The van der Waals surface area contributed by atoms with Gasteiger partial charge in [0.1, 0.15) is 0 Å². The van der Waals surface area contributed by atoms with E-state index in [0.717, 1.165) is 5.56 Å². The highest BCUT2D eigenvalue weighted by Gasteiger charge is 2.11. The molecule has 2 aromatic carbocycles. The Balaban J connectivity index is 2.05. The van der Waals surface area contributed by atoms with E-state index in [1.54, 1.807) is 48.5 Å². The standard InChI is InChI=1S/C17H17NO4/c1-12(19)18-11-13-7-9-14(10-8-13)17(20)22-16-6-4-3-5-15(16)21-2/h3-10H,11H2,1-2H3,(H,18,19). The number of hydrogen-bond acceptors (Lipinski definition) is 4. The van der Waals surface area contributed by atoms with E-state index < -0.39 is 5.97 Å². The summed E-state index contributed by atoms with van der Waals surface area (Å²) in [5.41, 5.74) is 1.33. The third kappa shape index (κ3) is 4.09. The first-order valence-corrected chi connectivity index (χ1v) is 6.78. The number of benzene rings is 2. The molecule has 0 aliphatic heterocycles. The van der Waals surface area contributed by atoms with Crippen LogP contribution in [0.3, 0.4) is 0 Å². The lowest BCUT2D eigenvalue weighted by atomic mass is 10.1. The van der Waals surface area contributed by atoms with Crippen molar-refractivity contribution in [1.82, 2.24) is 5.32 Å². The van der Waals surface area contributed by atoms with Crippen molar-refractivity contribution < 1.29 is 19.1 Å². The van der Waals surface area contributed by atoms with Gasteiger partial charge in [-0.05, 0) is 29.8 Å². The molecule has 0 heterocycles. The molecule has 5 heteroatoms. The molecule has 0 spiro atoms. The van der Waals surface area contributed by atoms with Crippen molar-refractivity contribution in [3.05, 3.63) is 59.7 Å². The molecule has 2 rings (SSSR count). The van der Waals surface area contributed by atoms with E-state index >= 15 is 0 Å². The molecule has 0 bridgehead atoms. The maximum Gasteiger partial charge on any atom is 0.343 e. The second kappa shape index (κ2) is 7.26. The highest BCUT2D eigenvalue weighted by atomic mass is 16.6. The van der Waals surface area contributed by atoms with Crippen LogP contribution >= 0.6 is 0 Å². The zero-order valence-electron chi connectivity index (χ0n) is 12.5. The average Bonchev–Trinajstić information content (AvgIpc) is 2.54. The van der Waals surface area contributed by atoms with Gasteiger partial charge in [-0.1, -0.05) is 24.3 Å². The van der Waals surface area contributed by atoms with Crippen LogP contribution in [0.1, 0.15) is 22.8 Å². The fourth-order valence-electron chi connectivity index (χ4n) is 1.85. The summed E-state index contributed by atoms with van der Waals surface area (Å²) in [5, 5.41) is 2.69. The van der Waals surface area contributed by atoms with Gasteiger partial charge in [0.25, 0.3) is 0 Å². The van der Waals surface area contributed by atoms with Crippen LogP contribution in [0.15, 0.2) is 48.5 Å². The summed E-state index contributed by atoms with van der Waals surface area (Å²) in [7, 11) is 1.52. The van der Waals surface area contributed by atoms with Crippen LogP contribution in [0.5, 0.6) is 11.5 Å². The predicted molar refractivity (Wildman–Crippen MR) is 81.9 cm³/mol. The minimum absolute atomic E-state index is 0.0975. The molecule has 1 N–H and O–H groups in total. The minimum atomic E-state index is -0.462. The Morgan fingerprint density at radius 3 is 2.23 bits per heavy atom. The largest absolute Gasteiger partial charge is 0.493 e. The van der Waals surface area contributed by atoms with Crippen LogP contribution in [0.4, 0.5) is 0 Å². The molecular formula is C17H17NO4. The monoisotopic (exact) mass is 299 g/mol. The van der Waals surface area contributed by atoms with Gasteiger partial charge < -0.3 is 14.8 Å². The molecule has 0 saturated carbocycles. The van der Waals surface area contributed by atoms with Crippen molar-refractivity contribution in [2.45, 2.75) is 13.5 Å². The SMILES string of the molecule is COc1ccccc1OC(=O)c1ccc(CNC(C)=O)cc1. The second-order valence-electron chi connectivity index (χ2n) is 4.65. The van der Waals surface area contributed by atoms with Crippen LogP contribution in [0.2, 0.25) is 0 Å². The van der Waals surface area contributed by atoms with E-state index in [1.165, 1.54) is 14.0 Å². The Labute approximate surface area is 128 Å². The number of carbonyl (C=O) groups excluding carboxylic acids is 2. The maximum absolute atomic E-state index is 12.1. The number of para-hydroxylation sites is 2. The number of amides is 1. The van der Waals surface area contributed by atoms with Gasteiger partial charge in [0, 0.05) is 13.5 Å².